The van der Waals surface area contributed by atoms with Crippen molar-refractivity contribution in [1.29, 1.82) is 0 Å². The Hall–Kier alpha value is -2.36. The molecule has 0 bridgehead atoms. The average molecular weight is 471 g/mol. The number of carbonyl (C=O) groups is 1. The first-order valence-electron chi connectivity index (χ1n) is 9.09. The van der Waals surface area contributed by atoms with E-state index in [4.69, 9.17) is 11.6 Å². The third-order valence-corrected chi connectivity index (χ3v) is 8.22. The molecule has 0 aliphatic rings. The number of nitrogens with one attached hydrogen (secondary N) is 1. The molecule has 0 fully saturated rings. The van der Waals surface area contributed by atoms with E-state index in [2.05, 4.69) is 11.9 Å². The molecule has 2 aromatic rings. The van der Waals surface area contributed by atoms with Gasteiger partial charge in [0.2, 0.25) is 0 Å². The van der Waals surface area contributed by atoms with E-state index < -0.39 is 25.8 Å². The molecule has 0 atom stereocenters. The van der Waals surface area contributed by atoms with E-state index in [-0.39, 0.29) is 40.1 Å². The van der Waals surface area contributed by atoms with Crippen LogP contribution in [-0.2, 0) is 19.9 Å². The average Bonchev–Trinajstić information content (AvgIpc) is 2.72. The van der Waals surface area contributed by atoms with Crippen molar-refractivity contribution in [2.75, 3.05) is 28.9 Å². The first-order valence-corrected chi connectivity index (χ1v) is 12.7. The molecule has 30 heavy (non-hydrogen) atoms. The zero-order valence-corrected chi connectivity index (χ0v) is 18.8. The predicted molar refractivity (Wildman–Crippen MR) is 119 cm³/mol. The third kappa shape index (κ3) is 5.84. The fourth-order valence-corrected chi connectivity index (χ4v) is 5.22. The van der Waals surface area contributed by atoms with Crippen LogP contribution in [0.5, 0.6) is 0 Å². The number of nitrogens with zero attached hydrogens (tertiary/aromatic N) is 1. The topological polar surface area (TPSA) is 101 Å². The standard InChI is InChI=1S/C20H23ClN2O5S2/c1-3-13-23(17-8-6-5-7-9-17)30(27,28)19-15-16(10-11-18(19)21)20(24)22-12-14-29(25,26)4-2/h3,5-11,15H,1,4,12-14H2,2H3,(H,22,24). The summed E-state index contributed by atoms with van der Waals surface area (Å²) in [5, 5.41) is 2.45. The molecule has 0 unspecified atom stereocenters. The Bertz CT molecular complexity index is 1120. The lowest BCUT2D eigenvalue weighted by molar-refractivity contribution is 0.0956. The summed E-state index contributed by atoms with van der Waals surface area (Å²) in [6, 6.07) is 12.3. The zero-order chi connectivity index (χ0) is 22.4. The third-order valence-electron chi connectivity index (χ3n) is 4.24. The number of sulfonamides is 1. The SMILES string of the molecule is C=CCN(c1ccccc1)S(=O)(=O)c1cc(C(=O)NCCS(=O)(=O)CC)ccc1Cl. The number of sulfone groups is 1. The van der Waals surface area contributed by atoms with Gasteiger partial charge in [0.25, 0.3) is 15.9 Å². The maximum absolute atomic E-state index is 13.3. The van der Waals surface area contributed by atoms with E-state index >= 15 is 0 Å². The van der Waals surface area contributed by atoms with Crippen LogP contribution in [0.3, 0.4) is 0 Å². The largest absolute Gasteiger partial charge is 0.351 e. The fourth-order valence-electron chi connectivity index (χ4n) is 2.58. The molecular formula is C20H23ClN2O5S2. The Kier molecular flexibility index (Phi) is 8.05. The summed E-state index contributed by atoms with van der Waals surface area (Å²) < 4.78 is 50.8. The summed E-state index contributed by atoms with van der Waals surface area (Å²) in [7, 11) is -7.33. The van der Waals surface area contributed by atoms with Crippen molar-refractivity contribution >= 4 is 43.1 Å². The number of benzene rings is 2. The number of anilines is 1. The Morgan fingerprint density at radius 1 is 1.13 bits per heavy atom. The molecule has 2 rings (SSSR count). The van der Waals surface area contributed by atoms with Crippen LogP contribution in [-0.4, -0.2) is 47.3 Å². The lowest BCUT2D eigenvalue weighted by Crippen LogP contribution is -2.32. The number of halogens is 1. The molecule has 1 amide bonds. The highest BCUT2D eigenvalue weighted by atomic mass is 35.5. The van der Waals surface area contributed by atoms with Crippen LogP contribution in [0.2, 0.25) is 5.02 Å². The van der Waals surface area contributed by atoms with Gasteiger partial charge in [0.1, 0.15) is 4.90 Å². The molecule has 10 heteroatoms. The van der Waals surface area contributed by atoms with Crippen LogP contribution in [0.15, 0.2) is 66.1 Å². The van der Waals surface area contributed by atoms with E-state index in [1.165, 1.54) is 31.2 Å². The number of rotatable bonds is 10. The van der Waals surface area contributed by atoms with Gasteiger partial charge in [0.05, 0.1) is 23.0 Å². The van der Waals surface area contributed by atoms with Gasteiger partial charge in [-0.3, -0.25) is 9.10 Å². The minimum absolute atomic E-state index is 0.00791. The van der Waals surface area contributed by atoms with E-state index in [1.54, 1.807) is 30.3 Å². The highest BCUT2D eigenvalue weighted by Crippen LogP contribution is 2.29. The van der Waals surface area contributed by atoms with Crippen LogP contribution in [0.25, 0.3) is 0 Å². The molecule has 0 heterocycles. The van der Waals surface area contributed by atoms with Gasteiger partial charge in [-0.1, -0.05) is 42.8 Å². The van der Waals surface area contributed by atoms with E-state index in [0.717, 1.165) is 4.31 Å². The van der Waals surface area contributed by atoms with Crippen LogP contribution < -0.4 is 9.62 Å². The zero-order valence-electron chi connectivity index (χ0n) is 16.4. The van der Waals surface area contributed by atoms with Crippen molar-refractivity contribution in [2.45, 2.75) is 11.8 Å². The summed E-state index contributed by atoms with van der Waals surface area (Å²) in [5.74, 6) is -0.815. The first kappa shape index (κ1) is 23.9. The van der Waals surface area contributed by atoms with Gasteiger partial charge in [0, 0.05) is 17.9 Å². The maximum Gasteiger partial charge on any atom is 0.266 e. The molecule has 0 saturated carbocycles. The molecular weight excluding hydrogens is 448 g/mol. The molecule has 0 saturated heterocycles. The number of amides is 1. The fraction of sp³-hybridized carbons (Fsp3) is 0.250. The molecule has 0 spiro atoms. The van der Waals surface area contributed by atoms with Gasteiger partial charge in [-0.15, -0.1) is 6.58 Å². The Morgan fingerprint density at radius 3 is 2.40 bits per heavy atom. The van der Waals surface area contributed by atoms with Crippen LogP contribution in [0, 0.1) is 0 Å². The van der Waals surface area contributed by atoms with Crippen LogP contribution >= 0.6 is 11.6 Å². The normalized spacial score (nSPS) is 11.7. The van der Waals surface area contributed by atoms with Crippen molar-refractivity contribution in [3.8, 4) is 0 Å². The lowest BCUT2D eigenvalue weighted by Gasteiger charge is -2.24. The van der Waals surface area contributed by atoms with E-state index in [1.807, 2.05) is 0 Å². The quantitative estimate of drug-likeness (QED) is 0.538. The second-order valence-corrected chi connectivity index (χ2v) is 11.0. The summed E-state index contributed by atoms with van der Waals surface area (Å²) in [4.78, 5) is 12.2. The second kappa shape index (κ2) is 10.1. The van der Waals surface area contributed by atoms with Gasteiger partial charge in [-0.25, -0.2) is 16.8 Å². The summed E-state index contributed by atoms with van der Waals surface area (Å²) in [5.41, 5.74) is 0.478. The monoisotopic (exact) mass is 470 g/mol. The Labute approximate surface area is 182 Å². The van der Waals surface area contributed by atoms with Gasteiger partial charge in [-0.05, 0) is 30.3 Å². The molecule has 0 aliphatic carbocycles. The molecule has 162 valence electrons. The molecule has 1 N–H and O–H groups in total. The van der Waals surface area contributed by atoms with Crippen molar-refractivity contribution < 1.29 is 21.6 Å². The minimum Gasteiger partial charge on any atom is -0.351 e. The molecule has 0 aliphatic heterocycles. The van der Waals surface area contributed by atoms with Gasteiger partial charge < -0.3 is 5.32 Å². The molecule has 2 aromatic carbocycles. The lowest BCUT2D eigenvalue weighted by atomic mass is 10.2. The summed E-state index contributed by atoms with van der Waals surface area (Å²) in [6.45, 7) is 5.06. The van der Waals surface area contributed by atoms with Gasteiger partial charge in [-0.2, -0.15) is 0 Å². The first-order chi connectivity index (χ1) is 14.1. The summed E-state index contributed by atoms with van der Waals surface area (Å²) >= 11 is 6.16. The van der Waals surface area contributed by atoms with Crippen molar-refractivity contribution in [2.24, 2.45) is 0 Å². The molecule has 0 aromatic heterocycles. The van der Waals surface area contributed by atoms with Crippen molar-refractivity contribution in [1.82, 2.24) is 5.32 Å². The second-order valence-electron chi connectivity index (χ2n) is 6.30. The highest BCUT2D eigenvalue weighted by molar-refractivity contribution is 7.93. The summed E-state index contributed by atoms with van der Waals surface area (Å²) in [6.07, 6.45) is 1.45. The highest BCUT2D eigenvalue weighted by Gasteiger charge is 2.27. The Balaban J connectivity index is 2.34. The van der Waals surface area contributed by atoms with Gasteiger partial charge >= 0.3 is 0 Å². The van der Waals surface area contributed by atoms with E-state index in [9.17, 15) is 21.6 Å². The number of hydrogen-bond acceptors (Lipinski definition) is 5. The van der Waals surface area contributed by atoms with Crippen LogP contribution in [0.1, 0.15) is 17.3 Å². The van der Waals surface area contributed by atoms with Crippen molar-refractivity contribution in [3.05, 3.63) is 71.8 Å². The molecule has 0 radical (unpaired) electrons. The van der Waals surface area contributed by atoms with E-state index in [0.29, 0.717) is 5.69 Å². The van der Waals surface area contributed by atoms with Crippen molar-refractivity contribution in [3.63, 3.8) is 0 Å². The molecule has 7 nitrogen and oxygen atoms in total. The van der Waals surface area contributed by atoms with Gasteiger partial charge in [0.15, 0.2) is 9.84 Å². The Morgan fingerprint density at radius 2 is 1.80 bits per heavy atom. The minimum atomic E-state index is -4.10. The predicted octanol–water partition coefficient (Wildman–Crippen LogP) is 2.89. The number of para-hydroxylation sites is 1. The number of carbonyl (C=O) groups excluding carboxylic acids is 1. The number of hydrogen-bond donors (Lipinski definition) is 1. The maximum atomic E-state index is 13.3. The smallest absolute Gasteiger partial charge is 0.266 e. The van der Waals surface area contributed by atoms with Crippen LogP contribution in [0.4, 0.5) is 5.69 Å².